The van der Waals surface area contributed by atoms with E-state index in [4.69, 9.17) is 4.74 Å². The quantitative estimate of drug-likeness (QED) is 0.607. The maximum Gasteiger partial charge on any atom is 0.325 e. The Kier molecular flexibility index (Phi) is 3.44. The van der Waals surface area contributed by atoms with Gasteiger partial charge in [-0.2, -0.15) is 0 Å². The Morgan fingerprint density at radius 1 is 1.33 bits per heavy atom. The van der Waals surface area contributed by atoms with Crippen molar-refractivity contribution in [3.05, 3.63) is 35.9 Å². The monoisotopic (exact) mass is 247 g/mol. The Morgan fingerprint density at radius 2 is 1.94 bits per heavy atom. The zero-order valence-corrected chi connectivity index (χ0v) is 11.5. The van der Waals surface area contributed by atoms with Crippen molar-refractivity contribution in [3.63, 3.8) is 0 Å². The lowest BCUT2D eigenvalue weighted by Gasteiger charge is -2.20. The molecule has 18 heavy (non-hydrogen) atoms. The molecule has 1 aliphatic rings. The van der Waals surface area contributed by atoms with Crippen molar-refractivity contribution in [2.24, 2.45) is 0 Å². The molecule has 0 amide bonds. The van der Waals surface area contributed by atoms with Crippen LogP contribution in [0.15, 0.2) is 30.3 Å². The minimum Gasteiger partial charge on any atom is -0.459 e. The van der Waals surface area contributed by atoms with Gasteiger partial charge in [-0.15, -0.1) is 0 Å². The fourth-order valence-electron chi connectivity index (χ4n) is 2.08. The van der Waals surface area contributed by atoms with E-state index in [1.54, 1.807) is 0 Å². The summed E-state index contributed by atoms with van der Waals surface area (Å²) in [4.78, 5) is 14.1. The maximum atomic E-state index is 11.9. The maximum absolute atomic E-state index is 11.9. The van der Waals surface area contributed by atoms with Gasteiger partial charge in [-0.3, -0.25) is 9.69 Å². The van der Waals surface area contributed by atoms with Crippen LogP contribution in [-0.4, -0.2) is 29.1 Å². The van der Waals surface area contributed by atoms with Crippen molar-refractivity contribution in [2.75, 3.05) is 6.54 Å². The molecule has 1 aliphatic heterocycles. The van der Waals surface area contributed by atoms with Crippen LogP contribution in [0.2, 0.25) is 0 Å². The number of carbonyl (C=O) groups excluding carboxylic acids is 1. The summed E-state index contributed by atoms with van der Waals surface area (Å²) in [6, 6.07) is 10.4. The number of carbonyl (C=O) groups is 1. The molecular weight excluding hydrogens is 226 g/mol. The van der Waals surface area contributed by atoms with Crippen LogP contribution in [0.3, 0.4) is 0 Å². The molecule has 1 unspecified atom stereocenters. The van der Waals surface area contributed by atoms with Crippen molar-refractivity contribution in [1.29, 1.82) is 0 Å². The standard InChI is InChI=1S/C15H21NO2/c1-11(12-8-6-5-7-9-12)16-10-13(16)14(17)18-15(2,3)4/h5-9,11,13H,10H2,1-4H3/t11-,13+,16?/m0/s1. The first-order valence-electron chi connectivity index (χ1n) is 6.42. The van der Waals surface area contributed by atoms with E-state index in [2.05, 4.69) is 24.0 Å². The normalized spacial score (nSPS) is 24.4. The van der Waals surface area contributed by atoms with Crippen LogP contribution in [0, 0.1) is 0 Å². The molecule has 0 aromatic heterocycles. The van der Waals surface area contributed by atoms with E-state index in [0.717, 1.165) is 6.54 Å². The first kappa shape index (κ1) is 13.1. The Bertz CT molecular complexity index is 422. The van der Waals surface area contributed by atoms with Gasteiger partial charge in [-0.1, -0.05) is 30.3 Å². The highest BCUT2D eigenvalue weighted by atomic mass is 16.6. The Hall–Kier alpha value is -1.35. The zero-order valence-electron chi connectivity index (χ0n) is 11.5. The number of rotatable bonds is 3. The molecule has 0 saturated carbocycles. The van der Waals surface area contributed by atoms with Gasteiger partial charge < -0.3 is 4.74 Å². The third-order valence-corrected chi connectivity index (χ3v) is 3.11. The number of benzene rings is 1. The highest BCUT2D eigenvalue weighted by Crippen LogP contribution is 2.32. The average Bonchev–Trinajstić information content (AvgIpc) is 3.07. The van der Waals surface area contributed by atoms with Crippen LogP contribution in [0.25, 0.3) is 0 Å². The summed E-state index contributed by atoms with van der Waals surface area (Å²) in [5, 5.41) is 0. The minimum absolute atomic E-state index is 0.0700. The molecule has 1 saturated heterocycles. The van der Waals surface area contributed by atoms with E-state index in [-0.39, 0.29) is 18.1 Å². The first-order chi connectivity index (χ1) is 8.38. The van der Waals surface area contributed by atoms with Gasteiger partial charge in [0.1, 0.15) is 11.6 Å². The molecule has 0 N–H and O–H groups in total. The molecule has 1 aromatic rings. The SMILES string of the molecule is C[C@@H](c1ccccc1)N1C[C@@H]1C(=O)OC(C)(C)C. The van der Waals surface area contributed by atoms with Gasteiger partial charge in [-0.05, 0) is 33.3 Å². The van der Waals surface area contributed by atoms with Crippen molar-refractivity contribution < 1.29 is 9.53 Å². The minimum atomic E-state index is -0.401. The molecule has 1 heterocycles. The molecule has 0 aliphatic carbocycles. The van der Waals surface area contributed by atoms with Crippen LogP contribution in [0.4, 0.5) is 0 Å². The summed E-state index contributed by atoms with van der Waals surface area (Å²) in [6.45, 7) is 8.62. The number of hydrogen-bond acceptors (Lipinski definition) is 3. The van der Waals surface area contributed by atoms with Gasteiger partial charge in [0.2, 0.25) is 0 Å². The summed E-state index contributed by atoms with van der Waals surface area (Å²) in [5.74, 6) is -0.106. The summed E-state index contributed by atoms with van der Waals surface area (Å²) >= 11 is 0. The highest BCUT2D eigenvalue weighted by Gasteiger charge is 2.45. The third-order valence-electron chi connectivity index (χ3n) is 3.11. The lowest BCUT2D eigenvalue weighted by atomic mass is 10.1. The fourth-order valence-corrected chi connectivity index (χ4v) is 2.08. The number of esters is 1. The highest BCUT2D eigenvalue weighted by molar-refractivity contribution is 5.79. The molecule has 0 radical (unpaired) electrons. The van der Waals surface area contributed by atoms with Gasteiger partial charge in [0, 0.05) is 12.6 Å². The van der Waals surface area contributed by atoms with Gasteiger partial charge >= 0.3 is 5.97 Å². The molecule has 3 heteroatoms. The smallest absolute Gasteiger partial charge is 0.325 e. The zero-order chi connectivity index (χ0) is 13.3. The van der Waals surface area contributed by atoms with Crippen LogP contribution in [0.5, 0.6) is 0 Å². The van der Waals surface area contributed by atoms with E-state index < -0.39 is 5.60 Å². The van der Waals surface area contributed by atoms with Crippen molar-refractivity contribution in [2.45, 2.75) is 45.4 Å². The summed E-state index contributed by atoms with van der Waals surface area (Å²) in [6.07, 6.45) is 0. The predicted molar refractivity (Wildman–Crippen MR) is 71.2 cm³/mol. The van der Waals surface area contributed by atoms with Crippen LogP contribution in [-0.2, 0) is 9.53 Å². The third kappa shape index (κ3) is 3.10. The molecule has 0 spiro atoms. The van der Waals surface area contributed by atoms with Crippen molar-refractivity contribution >= 4 is 5.97 Å². The molecule has 2 rings (SSSR count). The van der Waals surface area contributed by atoms with Crippen molar-refractivity contribution in [1.82, 2.24) is 4.90 Å². The van der Waals surface area contributed by atoms with Gasteiger partial charge in [0.05, 0.1) is 0 Å². The Morgan fingerprint density at radius 3 is 2.50 bits per heavy atom. The second kappa shape index (κ2) is 4.73. The number of ether oxygens (including phenoxy) is 1. The topological polar surface area (TPSA) is 29.3 Å². The van der Waals surface area contributed by atoms with Crippen LogP contribution in [0.1, 0.15) is 39.3 Å². The number of nitrogens with zero attached hydrogens (tertiary/aromatic N) is 1. The lowest BCUT2D eigenvalue weighted by molar-refractivity contribution is -0.155. The van der Waals surface area contributed by atoms with Crippen LogP contribution >= 0.6 is 0 Å². The van der Waals surface area contributed by atoms with Crippen LogP contribution < -0.4 is 0 Å². The van der Waals surface area contributed by atoms with Gasteiger partial charge in [0.15, 0.2) is 0 Å². The van der Waals surface area contributed by atoms with Crippen molar-refractivity contribution in [3.8, 4) is 0 Å². The van der Waals surface area contributed by atoms with E-state index in [0.29, 0.717) is 0 Å². The Balaban J connectivity index is 1.93. The van der Waals surface area contributed by atoms with E-state index >= 15 is 0 Å². The lowest BCUT2D eigenvalue weighted by Crippen LogP contribution is -2.28. The molecule has 3 atom stereocenters. The van der Waals surface area contributed by atoms with Gasteiger partial charge in [-0.25, -0.2) is 0 Å². The molecule has 3 nitrogen and oxygen atoms in total. The van der Waals surface area contributed by atoms with E-state index in [1.165, 1.54) is 5.56 Å². The van der Waals surface area contributed by atoms with E-state index in [1.807, 2.05) is 39.0 Å². The summed E-state index contributed by atoms with van der Waals surface area (Å²) in [7, 11) is 0. The molecule has 98 valence electrons. The molecule has 0 bridgehead atoms. The largest absolute Gasteiger partial charge is 0.459 e. The molecular formula is C15H21NO2. The second-order valence-electron chi connectivity index (χ2n) is 5.83. The number of hydrogen-bond donors (Lipinski definition) is 0. The van der Waals surface area contributed by atoms with Gasteiger partial charge in [0.25, 0.3) is 0 Å². The second-order valence-corrected chi connectivity index (χ2v) is 5.83. The first-order valence-corrected chi connectivity index (χ1v) is 6.42. The molecule has 1 fully saturated rings. The fraction of sp³-hybridized carbons (Fsp3) is 0.533. The van der Waals surface area contributed by atoms with E-state index in [9.17, 15) is 4.79 Å². The Labute approximate surface area is 109 Å². The molecule has 1 aromatic carbocycles. The predicted octanol–water partition coefficient (Wildman–Crippen LogP) is 2.77. The summed E-state index contributed by atoms with van der Waals surface area (Å²) < 4.78 is 5.40. The summed E-state index contributed by atoms with van der Waals surface area (Å²) in [5.41, 5.74) is 0.838. The average molecular weight is 247 g/mol.